The van der Waals surface area contributed by atoms with E-state index in [1.165, 1.54) is 31.2 Å². The van der Waals surface area contributed by atoms with Gasteiger partial charge in [0.25, 0.3) is 0 Å². The Hall–Kier alpha value is -0.960. The van der Waals surface area contributed by atoms with Crippen LogP contribution < -0.4 is 0 Å². The highest BCUT2D eigenvalue weighted by molar-refractivity contribution is 7.99. The summed E-state index contributed by atoms with van der Waals surface area (Å²) in [6.45, 7) is 3.44. The summed E-state index contributed by atoms with van der Waals surface area (Å²) < 4.78 is 0. The highest BCUT2D eigenvalue weighted by Crippen LogP contribution is 2.65. The van der Waals surface area contributed by atoms with Gasteiger partial charge in [0.1, 0.15) is 0 Å². The van der Waals surface area contributed by atoms with E-state index in [-0.39, 0.29) is 5.41 Å². The van der Waals surface area contributed by atoms with Gasteiger partial charge in [-0.15, -0.1) is 11.8 Å². The van der Waals surface area contributed by atoms with Crippen molar-refractivity contribution in [1.29, 1.82) is 0 Å². The van der Waals surface area contributed by atoms with Crippen molar-refractivity contribution in [2.24, 2.45) is 29.6 Å². The Bertz CT molecular complexity index is 621. The van der Waals surface area contributed by atoms with Crippen LogP contribution in [0.25, 0.3) is 0 Å². The Morgan fingerprint density at radius 2 is 1.76 bits per heavy atom. The van der Waals surface area contributed by atoms with E-state index in [0.717, 1.165) is 42.3 Å². The minimum atomic E-state index is 0.110. The van der Waals surface area contributed by atoms with Crippen LogP contribution in [0.15, 0.2) is 30.3 Å². The number of benzene rings is 1. The van der Waals surface area contributed by atoms with E-state index in [2.05, 4.69) is 42.2 Å². The lowest BCUT2D eigenvalue weighted by Crippen LogP contribution is -2.59. The Kier molecular flexibility index (Phi) is 3.92. The molecular weight excluding hydrogens is 326 g/mol. The molecule has 3 heteroatoms. The SMILES string of the molecule is CC1C2CC3CC1CC(C2)C3(CC(=O)N1CCSC1)c1ccccc1. The first-order valence-electron chi connectivity index (χ1n) is 10.1. The van der Waals surface area contributed by atoms with Gasteiger partial charge in [-0.2, -0.15) is 0 Å². The smallest absolute Gasteiger partial charge is 0.224 e. The Morgan fingerprint density at radius 3 is 2.32 bits per heavy atom. The zero-order chi connectivity index (χ0) is 17.0. The van der Waals surface area contributed by atoms with Crippen LogP contribution in [-0.2, 0) is 10.2 Å². The van der Waals surface area contributed by atoms with Gasteiger partial charge in [-0.25, -0.2) is 0 Å². The third-order valence-electron chi connectivity index (χ3n) is 8.15. The molecule has 2 nitrogen and oxygen atoms in total. The standard InChI is InChI=1S/C22H29NOS/c1-15-16-9-19-11-17(15)12-20(10-16)22(19,18-5-3-2-4-6-18)13-21(24)23-7-8-25-14-23/h2-6,15-17,19-20H,7-14H2,1H3. The average Bonchev–Trinajstić information content (AvgIpc) is 3.15. The van der Waals surface area contributed by atoms with Gasteiger partial charge in [-0.1, -0.05) is 37.3 Å². The van der Waals surface area contributed by atoms with Crippen LogP contribution in [0.5, 0.6) is 0 Å². The van der Waals surface area contributed by atoms with Gasteiger partial charge in [0.2, 0.25) is 5.91 Å². The van der Waals surface area contributed by atoms with Crippen LogP contribution in [-0.4, -0.2) is 29.0 Å². The molecule has 5 fully saturated rings. The van der Waals surface area contributed by atoms with Crippen molar-refractivity contribution in [3.63, 3.8) is 0 Å². The van der Waals surface area contributed by atoms with E-state index in [1.54, 1.807) is 0 Å². The molecule has 4 aliphatic carbocycles. The average molecular weight is 356 g/mol. The third-order valence-corrected chi connectivity index (χ3v) is 9.12. The molecule has 5 aliphatic rings. The number of thioether (sulfide) groups is 1. The van der Waals surface area contributed by atoms with Crippen molar-refractivity contribution in [1.82, 2.24) is 4.90 Å². The second-order valence-electron chi connectivity index (χ2n) is 8.99. The third kappa shape index (κ3) is 2.41. The summed E-state index contributed by atoms with van der Waals surface area (Å²) in [5, 5.41) is 0. The van der Waals surface area contributed by atoms with E-state index >= 15 is 0 Å². The van der Waals surface area contributed by atoms with Gasteiger partial charge in [0, 0.05) is 24.1 Å². The Morgan fingerprint density at radius 1 is 1.12 bits per heavy atom. The lowest BCUT2D eigenvalue weighted by Gasteiger charge is -2.63. The molecule has 1 saturated heterocycles. The number of carbonyl (C=O) groups excluding carboxylic acids is 1. The van der Waals surface area contributed by atoms with Crippen molar-refractivity contribution in [2.75, 3.05) is 18.2 Å². The molecule has 0 atom stereocenters. The molecule has 4 saturated carbocycles. The first kappa shape index (κ1) is 16.2. The fourth-order valence-corrected chi connectivity index (χ4v) is 7.82. The first-order valence-corrected chi connectivity index (χ1v) is 11.2. The number of rotatable bonds is 3. The van der Waals surface area contributed by atoms with Crippen LogP contribution in [0.4, 0.5) is 0 Å². The van der Waals surface area contributed by atoms with Crippen molar-refractivity contribution in [3.8, 4) is 0 Å². The fourth-order valence-electron chi connectivity index (χ4n) is 6.85. The van der Waals surface area contributed by atoms with Gasteiger partial charge in [-0.05, 0) is 60.8 Å². The summed E-state index contributed by atoms with van der Waals surface area (Å²) in [6, 6.07) is 11.1. The molecule has 25 heavy (non-hydrogen) atoms. The van der Waals surface area contributed by atoms with Gasteiger partial charge in [0.05, 0.1) is 5.88 Å². The van der Waals surface area contributed by atoms with Gasteiger partial charge in [0.15, 0.2) is 0 Å². The Balaban J connectivity index is 1.53. The molecule has 6 rings (SSSR count). The molecule has 1 heterocycles. The normalized spacial score (nSPS) is 42.1. The zero-order valence-corrected chi connectivity index (χ0v) is 16.0. The largest absolute Gasteiger partial charge is 0.333 e. The molecular formula is C22H29NOS. The van der Waals surface area contributed by atoms with E-state index in [4.69, 9.17) is 0 Å². The number of carbonyl (C=O) groups is 1. The van der Waals surface area contributed by atoms with E-state index < -0.39 is 0 Å². The first-order chi connectivity index (χ1) is 12.2. The zero-order valence-electron chi connectivity index (χ0n) is 15.2. The quantitative estimate of drug-likeness (QED) is 0.793. The second-order valence-corrected chi connectivity index (χ2v) is 10.1. The van der Waals surface area contributed by atoms with E-state index in [0.29, 0.717) is 17.7 Å². The number of nitrogens with zero attached hydrogens (tertiary/aromatic N) is 1. The highest BCUT2D eigenvalue weighted by Gasteiger charge is 2.60. The monoisotopic (exact) mass is 355 g/mol. The molecule has 1 aliphatic heterocycles. The minimum Gasteiger partial charge on any atom is -0.333 e. The van der Waals surface area contributed by atoms with Crippen LogP contribution >= 0.6 is 11.8 Å². The van der Waals surface area contributed by atoms with Gasteiger partial charge >= 0.3 is 0 Å². The van der Waals surface area contributed by atoms with Crippen molar-refractivity contribution in [3.05, 3.63) is 35.9 Å². The van der Waals surface area contributed by atoms with Crippen LogP contribution in [0.2, 0.25) is 0 Å². The summed E-state index contributed by atoms with van der Waals surface area (Å²) >= 11 is 1.90. The van der Waals surface area contributed by atoms with Crippen LogP contribution in [0, 0.1) is 29.6 Å². The van der Waals surface area contributed by atoms with Crippen molar-refractivity contribution >= 4 is 17.7 Å². The maximum absolute atomic E-state index is 13.2. The molecule has 0 aromatic heterocycles. The maximum Gasteiger partial charge on any atom is 0.224 e. The number of hydrogen-bond donors (Lipinski definition) is 0. The number of hydrogen-bond acceptors (Lipinski definition) is 2. The molecule has 134 valence electrons. The molecule has 0 N–H and O–H groups in total. The molecule has 1 aromatic rings. The minimum absolute atomic E-state index is 0.110. The topological polar surface area (TPSA) is 20.3 Å². The summed E-state index contributed by atoms with van der Waals surface area (Å²) in [5.41, 5.74) is 1.57. The highest BCUT2D eigenvalue weighted by atomic mass is 32.2. The molecule has 0 unspecified atom stereocenters. The van der Waals surface area contributed by atoms with Crippen molar-refractivity contribution in [2.45, 2.75) is 44.4 Å². The fraction of sp³-hybridized carbons (Fsp3) is 0.682. The summed E-state index contributed by atoms with van der Waals surface area (Å²) in [7, 11) is 0. The van der Waals surface area contributed by atoms with Crippen LogP contribution in [0.3, 0.4) is 0 Å². The molecule has 4 bridgehead atoms. The lowest BCUT2D eigenvalue weighted by molar-refractivity contribution is -0.140. The number of amides is 1. The second kappa shape index (κ2) is 6.04. The predicted molar refractivity (Wildman–Crippen MR) is 103 cm³/mol. The Labute approximate surface area is 155 Å². The van der Waals surface area contributed by atoms with Gasteiger partial charge < -0.3 is 4.90 Å². The predicted octanol–water partition coefficient (Wildman–Crippen LogP) is 4.55. The molecule has 0 radical (unpaired) electrons. The summed E-state index contributed by atoms with van der Waals surface area (Å²) in [5.74, 6) is 6.59. The van der Waals surface area contributed by atoms with Crippen molar-refractivity contribution < 1.29 is 4.79 Å². The van der Waals surface area contributed by atoms with Crippen LogP contribution in [0.1, 0.15) is 44.6 Å². The summed E-state index contributed by atoms with van der Waals surface area (Å²) in [4.78, 5) is 15.3. The summed E-state index contributed by atoms with van der Waals surface area (Å²) in [6.07, 6.45) is 6.16. The lowest BCUT2D eigenvalue weighted by atomic mass is 9.41. The molecule has 1 aromatic carbocycles. The van der Waals surface area contributed by atoms with E-state index in [9.17, 15) is 4.79 Å². The van der Waals surface area contributed by atoms with Gasteiger partial charge in [-0.3, -0.25) is 4.79 Å². The van der Waals surface area contributed by atoms with E-state index in [1.807, 2.05) is 11.8 Å². The molecule has 1 amide bonds. The molecule has 0 spiro atoms. The maximum atomic E-state index is 13.2.